The number of epoxide rings is 1. The molecule has 3 heteroatoms. The predicted octanol–water partition coefficient (Wildman–Crippen LogP) is 2.29. The molecule has 0 radical (unpaired) electrons. The van der Waals surface area contributed by atoms with Gasteiger partial charge in [-0.25, -0.2) is 0 Å². The zero-order valence-electron chi connectivity index (χ0n) is 10.0. The minimum atomic E-state index is -0.348. The quantitative estimate of drug-likeness (QED) is 0.520. The van der Waals surface area contributed by atoms with Crippen LogP contribution < -0.4 is 0 Å². The Hall–Kier alpha value is -0.570. The molecular formula is C12H20O3. The number of carbonyl (C=O) groups is 1. The molecule has 0 aromatic rings. The highest BCUT2D eigenvalue weighted by Crippen LogP contribution is 2.51. The summed E-state index contributed by atoms with van der Waals surface area (Å²) in [6.45, 7) is 7.66. The summed E-state index contributed by atoms with van der Waals surface area (Å²) < 4.78 is 11.0. The Morgan fingerprint density at radius 3 is 2.73 bits per heavy atom. The Kier molecular flexibility index (Phi) is 2.34. The summed E-state index contributed by atoms with van der Waals surface area (Å²) in [6, 6.07) is 0. The molecule has 3 atom stereocenters. The van der Waals surface area contributed by atoms with Crippen molar-refractivity contribution < 1.29 is 14.3 Å². The van der Waals surface area contributed by atoms with E-state index < -0.39 is 0 Å². The molecule has 0 amide bonds. The van der Waals surface area contributed by atoms with Crippen LogP contribution in [0.2, 0.25) is 0 Å². The summed E-state index contributed by atoms with van der Waals surface area (Å²) in [5.41, 5.74) is -0.206. The minimum Gasteiger partial charge on any atom is -0.460 e. The maximum absolute atomic E-state index is 11.0. The molecule has 2 fully saturated rings. The molecule has 1 saturated carbocycles. The Morgan fingerprint density at radius 1 is 1.53 bits per heavy atom. The molecule has 2 aliphatic rings. The number of esters is 1. The molecule has 1 heterocycles. The van der Waals surface area contributed by atoms with Gasteiger partial charge in [0.15, 0.2) is 0 Å². The molecule has 0 aromatic carbocycles. The van der Waals surface area contributed by atoms with E-state index in [0.717, 1.165) is 19.3 Å². The van der Waals surface area contributed by atoms with Gasteiger partial charge in [-0.15, -0.1) is 0 Å². The van der Waals surface area contributed by atoms with Crippen LogP contribution in [0.4, 0.5) is 0 Å². The summed E-state index contributed by atoms with van der Waals surface area (Å²) in [5.74, 6) is 0.243. The van der Waals surface area contributed by atoms with Crippen LogP contribution in [-0.4, -0.2) is 23.3 Å². The molecular weight excluding hydrogens is 192 g/mol. The van der Waals surface area contributed by atoms with Gasteiger partial charge < -0.3 is 9.47 Å². The van der Waals surface area contributed by atoms with Gasteiger partial charge in [0.2, 0.25) is 0 Å². The SMILES string of the molecule is CC(=O)OC(C)(C)[C@@H]1CCC2(C)OC2C1. The van der Waals surface area contributed by atoms with Crippen LogP contribution in [0.15, 0.2) is 0 Å². The van der Waals surface area contributed by atoms with Crippen LogP contribution in [0.3, 0.4) is 0 Å². The molecule has 1 saturated heterocycles. The van der Waals surface area contributed by atoms with Gasteiger partial charge >= 0.3 is 5.97 Å². The molecule has 0 bridgehead atoms. The number of ether oxygens (including phenoxy) is 2. The maximum atomic E-state index is 11.0. The smallest absolute Gasteiger partial charge is 0.303 e. The van der Waals surface area contributed by atoms with Crippen LogP contribution in [0.25, 0.3) is 0 Å². The van der Waals surface area contributed by atoms with E-state index >= 15 is 0 Å². The first-order valence-corrected chi connectivity index (χ1v) is 5.71. The van der Waals surface area contributed by atoms with Crippen LogP contribution in [0, 0.1) is 5.92 Å². The van der Waals surface area contributed by atoms with E-state index in [9.17, 15) is 4.79 Å². The van der Waals surface area contributed by atoms with Crippen molar-refractivity contribution in [1.82, 2.24) is 0 Å². The van der Waals surface area contributed by atoms with Crippen LogP contribution in [-0.2, 0) is 14.3 Å². The van der Waals surface area contributed by atoms with Gasteiger partial charge in [0.25, 0.3) is 0 Å². The fraction of sp³-hybridized carbons (Fsp3) is 0.917. The fourth-order valence-electron chi connectivity index (χ4n) is 2.73. The van der Waals surface area contributed by atoms with Crippen molar-refractivity contribution in [3.63, 3.8) is 0 Å². The molecule has 15 heavy (non-hydrogen) atoms. The number of rotatable bonds is 2. The molecule has 0 spiro atoms. The third-order valence-electron chi connectivity index (χ3n) is 3.91. The highest BCUT2D eigenvalue weighted by molar-refractivity contribution is 5.66. The van der Waals surface area contributed by atoms with Crippen LogP contribution >= 0.6 is 0 Å². The molecule has 3 nitrogen and oxygen atoms in total. The molecule has 86 valence electrons. The van der Waals surface area contributed by atoms with Crippen molar-refractivity contribution >= 4 is 5.97 Å². The maximum Gasteiger partial charge on any atom is 0.303 e. The minimum absolute atomic E-state index is 0.142. The van der Waals surface area contributed by atoms with Gasteiger partial charge in [-0.1, -0.05) is 0 Å². The second-order valence-corrected chi connectivity index (χ2v) is 5.59. The van der Waals surface area contributed by atoms with Gasteiger partial charge in [0.1, 0.15) is 5.60 Å². The van der Waals surface area contributed by atoms with Crippen molar-refractivity contribution in [3.05, 3.63) is 0 Å². The largest absolute Gasteiger partial charge is 0.460 e. The van der Waals surface area contributed by atoms with E-state index in [1.807, 2.05) is 13.8 Å². The van der Waals surface area contributed by atoms with E-state index in [2.05, 4.69) is 6.92 Å². The summed E-state index contributed by atoms with van der Waals surface area (Å²) in [7, 11) is 0. The zero-order valence-corrected chi connectivity index (χ0v) is 10.0. The van der Waals surface area contributed by atoms with E-state index in [1.165, 1.54) is 6.92 Å². The third kappa shape index (κ3) is 2.03. The van der Waals surface area contributed by atoms with Gasteiger partial charge in [-0.05, 0) is 40.0 Å². The van der Waals surface area contributed by atoms with Gasteiger partial charge in [0.05, 0.1) is 11.7 Å². The number of hydrogen-bond acceptors (Lipinski definition) is 3. The molecule has 0 N–H and O–H groups in total. The number of fused-ring (bicyclic) bond motifs is 1. The lowest BCUT2D eigenvalue weighted by Gasteiger charge is -2.36. The van der Waals surface area contributed by atoms with Gasteiger partial charge in [-0.2, -0.15) is 0 Å². The van der Waals surface area contributed by atoms with Gasteiger partial charge in [-0.3, -0.25) is 4.79 Å². The Morgan fingerprint density at radius 2 is 2.20 bits per heavy atom. The zero-order chi connectivity index (χ0) is 11.3. The van der Waals surface area contributed by atoms with Crippen molar-refractivity contribution in [1.29, 1.82) is 0 Å². The summed E-state index contributed by atoms with van der Waals surface area (Å²) in [6.07, 6.45) is 3.60. The highest BCUT2D eigenvalue weighted by atomic mass is 16.6. The van der Waals surface area contributed by atoms with E-state index in [-0.39, 0.29) is 17.2 Å². The fourth-order valence-corrected chi connectivity index (χ4v) is 2.73. The molecule has 2 rings (SSSR count). The number of hydrogen-bond donors (Lipinski definition) is 0. The van der Waals surface area contributed by atoms with E-state index in [4.69, 9.17) is 9.47 Å². The predicted molar refractivity (Wildman–Crippen MR) is 56.5 cm³/mol. The van der Waals surface area contributed by atoms with Crippen LogP contribution in [0.5, 0.6) is 0 Å². The standard InChI is InChI=1S/C12H20O3/c1-8(13)14-11(2,3)9-5-6-12(4)10(7-9)15-12/h9-10H,5-7H2,1-4H3/t9-,10?,12?/m1/s1. The Bertz CT molecular complexity index is 285. The third-order valence-corrected chi connectivity index (χ3v) is 3.91. The molecule has 1 aliphatic heterocycles. The molecule has 0 aromatic heterocycles. The second kappa shape index (κ2) is 3.21. The summed E-state index contributed by atoms with van der Waals surface area (Å²) in [5, 5.41) is 0. The number of carbonyl (C=O) groups excluding carboxylic acids is 1. The lowest BCUT2D eigenvalue weighted by molar-refractivity contribution is -0.160. The molecule has 1 aliphatic carbocycles. The summed E-state index contributed by atoms with van der Waals surface area (Å²) >= 11 is 0. The normalized spacial score (nSPS) is 39.5. The summed E-state index contributed by atoms with van der Waals surface area (Å²) in [4.78, 5) is 11.0. The molecule has 2 unspecified atom stereocenters. The lowest BCUT2D eigenvalue weighted by atomic mass is 9.75. The first-order chi connectivity index (χ1) is 6.83. The first-order valence-electron chi connectivity index (χ1n) is 5.71. The van der Waals surface area contributed by atoms with Crippen molar-refractivity contribution in [3.8, 4) is 0 Å². The average Bonchev–Trinajstić information content (AvgIpc) is 2.72. The van der Waals surface area contributed by atoms with E-state index in [0.29, 0.717) is 12.0 Å². The average molecular weight is 212 g/mol. The van der Waals surface area contributed by atoms with Gasteiger partial charge in [0, 0.05) is 12.8 Å². The second-order valence-electron chi connectivity index (χ2n) is 5.59. The Labute approximate surface area is 91.1 Å². The van der Waals surface area contributed by atoms with E-state index in [1.54, 1.807) is 0 Å². The van der Waals surface area contributed by atoms with Crippen molar-refractivity contribution in [2.45, 2.75) is 64.3 Å². The van der Waals surface area contributed by atoms with Crippen LogP contribution in [0.1, 0.15) is 47.0 Å². The van der Waals surface area contributed by atoms with Crippen molar-refractivity contribution in [2.75, 3.05) is 0 Å². The monoisotopic (exact) mass is 212 g/mol. The topological polar surface area (TPSA) is 38.8 Å². The highest BCUT2D eigenvalue weighted by Gasteiger charge is 2.57. The Balaban J connectivity index is 1.96. The lowest BCUT2D eigenvalue weighted by Crippen LogP contribution is -2.40. The van der Waals surface area contributed by atoms with Crippen molar-refractivity contribution in [2.24, 2.45) is 5.92 Å². The first kappa shape index (κ1) is 10.9.